The zero-order chi connectivity index (χ0) is 15.5. The lowest BCUT2D eigenvalue weighted by Gasteiger charge is -2.24. The maximum Gasteiger partial charge on any atom is 0.262 e. The van der Waals surface area contributed by atoms with Gasteiger partial charge in [-0.25, -0.2) is 4.98 Å². The maximum atomic E-state index is 12.3. The summed E-state index contributed by atoms with van der Waals surface area (Å²) in [6, 6.07) is 3.27. The average Bonchev–Trinajstić information content (AvgIpc) is 2.55. The molecule has 6 nitrogen and oxygen atoms in total. The second kappa shape index (κ2) is 6.01. The minimum atomic E-state index is -0.438. The molecule has 0 fully saturated rings. The zero-order valence-corrected chi connectivity index (χ0v) is 12.2. The van der Waals surface area contributed by atoms with E-state index in [0.717, 1.165) is 24.8 Å². The van der Waals surface area contributed by atoms with E-state index in [2.05, 4.69) is 15.3 Å². The fourth-order valence-electron chi connectivity index (χ4n) is 2.61. The predicted molar refractivity (Wildman–Crippen MR) is 83.3 cm³/mol. The molecule has 3 rings (SSSR count). The Morgan fingerprint density at radius 2 is 2.36 bits per heavy atom. The summed E-state index contributed by atoms with van der Waals surface area (Å²) in [7, 11) is 1.54. The molecule has 0 aromatic carbocycles. The van der Waals surface area contributed by atoms with Crippen LogP contribution in [0.4, 0.5) is 5.82 Å². The van der Waals surface area contributed by atoms with Crippen molar-refractivity contribution in [1.29, 1.82) is 0 Å². The molecule has 1 amide bonds. The van der Waals surface area contributed by atoms with Gasteiger partial charge in [0.15, 0.2) is 0 Å². The minimum absolute atomic E-state index is 0.0140. The number of dihydropyridines is 1. The minimum Gasteiger partial charge on any atom is -0.507 e. The number of anilines is 1. The molecular weight excluding hydrogens is 282 g/mol. The van der Waals surface area contributed by atoms with Crippen molar-refractivity contribution < 1.29 is 14.6 Å². The SMILES string of the molecule is COc1ccnc(NC(=O)C2=C(O)C3=CCCCC3N=C2)c1. The molecule has 22 heavy (non-hydrogen) atoms. The van der Waals surface area contributed by atoms with E-state index in [-0.39, 0.29) is 17.4 Å². The summed E-state index contributed by atoms with van der Waals surface area (Å²) in [5.74, 6) is 0.528. The van der Waals surface area contributed by atoms with Crippen LogP contribution in [0.3, 0.4) is 0 Å². The maximum absolute atomic E-state index is 12.3. The van der Waals surface area contributed by atoms with Crippen LogP contribution in [0.25, 0.3) is 0 Å². The number of aliphatic imine (C=N–C) groups is 1. The zero-order valence-electron chi connectivity index (χ0n) is 12.2. The second-order valence-corrected chi connectivity index (χ2v) is 5.18. The number of carbonyl (C=O) groups excluding carboxylic acids is 1. The third-order valence-corrected chi connectivity index (χ3v) is 3.77. The molecular formula is C16H17N3O3. The van der Waals surface area contributed by atoms with Gasteiger partial charge in [-0.05, 0) is 25.3 Å². The van der Waals surface area contributed by atoms with Crippen LogP contribution in [0.2, 0.25) is 0 Å². The van der Waals surface area contributed by atoms with Gasteiger partial charge in [0.2, 0.25) is 0 Å². The average molecular weight is 299 g/mol. The molecule has 2 N–H and O–H groups in total. The van der Waals surface area contributed by atoms with Crippen molar-refractivity contribution in [3.63, 3.8) is 0 Å². The number of allylic oxidation sites excluding steroid dienone is 1. The summed E-state index contributed by atoms with van der Waals surface area (Å²) in [4.78, 5) is 20.7. The molecule has 0 saturated heterocycles. The summed E-state index contributed by atoms with van der Waals surface area (Å²) in [5.41, 5.74) is 0.909. The Labute approximate surface area is 128 Å². The van der Waals surface area contributed by atoms with Crippen LogP contribution >= 0.6 is 0 Å². The van der Waals surface area contributed by atoms with Crippen LogP contribution in [0.15, 0.2) is 46.3 Å². The number of hydrogen-bond donors (Lipinski definition) is 2. The van der Waals surface area contributed by atoms with Crippen molar-refractivity contribution in [2.24, 2.45) is 4.99 Å². The molecule has 0 saturated carbocycles. The monoisotopic (exact) mass is 299 g/mol. The molecule has 1 aromatic heterocycles. The highest BCUT2D eigenvalue weighted by molar-refractivity contribution is 6.18. The number of carbonyl (C=O) groups is 1. The number of methoxy groups -OCH3 is 1. The fourth-order valence-corrected chi connectivity index (χ4v) is 2.61. The van der Waals surface area contributed by atoms with Crippen molar-refractivity contribution >= 4 is 17.9 Å². The molecule has 0 spiro atoms. The van der Waals surface area contributed by atoms with E-state index in [0.29, 0.717) is 11.6 Å². The van der Waals surface area contributed by atoms with Crippen LogP contribution in [0.1, 0.15) is 19.3 Å². The molecule has 2 heterocycles. The molecule has 1 aromatic rings. The number of rotatable bonds is 3. The van der Waals surface area contributed by atoms with Crippen LogP contribution in [0, 0.1) is 0 Å². The first-order valence-corrected chi connectivity index (χ1v) is 7.17. The summed E-state index contributed by atoms with van der Waals surface area (Å²) in [5, 5.41) is 13.0. The van der Waals surface area contributed by atoms with Crippen molar-refractivity contribution in [3.05, 3.63) is 41.3 Å². The van der Waals surface area contributed by atoms with Crippen LogP contribution in [-0.4, -0.2) is 35.4 Å². The van der Waals surface area contributed by atoms with Gasteiger partial charge in [0, 0.05) is 24.1 Å². The van der Waals surface area contributed by atoms with Crippen molar-refractivity contribution in [2.45, 2.75) is 25.3 Å². The molecule has 1 aliphatic heterocycles. The number of ether oxygens (including phenoxy) is 1. The van der Waals surface area contributed by atoms with Gasteiger partial charge in [-0.3, -0.25) is 9.79 Å². The Balaban J connectivity index is 1.82. The van der Waals surface area contributed by atoms with Gasteiger partial charge in [-0.2, -0.15) is 0 Å². The van der Waals surface area contributed by atoms with Gasteiger partial charge in [0.05, 0.1) is 18.7 Å². The molecule has 0 radical (unpaired) electrons. The molecule has 114 valence electrons. The number of nitrogens with zero attached hydrogens (tertiary/aromatic N) is 2. The van der Waals surface area contributed by atoms with Gasteiger partial charge >= 0.3 is 0 Å². The summed E-state index contributed by atoms with van der Waals surface area (Å²) >= 11 is 0. The van der Waals surface area contributed by atoms with Gasteiger partial charge in [-0.1, -0.05) is 6.08 Å². The van der Waals surface area contributed by atoms with E-state index in [1.54, 1.807) is 19.2 Å². The first-order chi connectivity index (χ1) is 10.7. The lowest BCUT2D eigenvalue weighted by Crippen LogP contribution is -2.25. The Kier molecular flexibility index (Phi) is 3.91. The Bertz CT molecular complexity index is 692. The van der Waals surface area contributed by atoms with Gasteiger partial charge in [0.25, 0.3) is 5.91 Å². The van der Waals surface area contributed by atoms with E-state index < -0.39 is 5.91 Å². The van der Waals surface area contributed by atoms with E-state index in [1.165, 1.54) is 12.4 Å². The third-order valence-electron chi connectivity index (χ3n) is 3.77. The topological polar surface area (TPSA) is 83.8 Å². The lowest BCUT2D eigenvalue weighted by atomic mass is 9.89. The van der Waals surface area contributed by atoms with Gasteiger partial charge in [-0.15, -0.1) is 0 Å². The standard InChI is InChI=1S/C16H17N3O3/c1-22-10-6-7-17-14(8-10)19-16(21)12-9-18-13-5-3-2-4-11(13)15(12)20/h4,6-9,13,20H,2-3,5H2,1H3,(H,17,19,21). The highest BCUT2D eigenvalue weighted by Gasteiger charge is 2.28. The fraction of sp³-hybridized carbons (Fsp3) is 0.312. The smallest absolute Gasteiger partial charge is 0.262 e. The number of aliphatic hydroxyl groups excluding tert-OH is 1. The third kappa shape index (κ3) is 2.72. The number of pyridine rings is 1. The highest BCUT2D eigenvalue weighted by atomic mass is 16.5. The van der Waals surface area contributed by atoms with Crippen LogP contribution in [0.5, 0.6) is 5.75 Å². The number of fused-ring (bicyclic) bond motifs is 1. The van der Waals surface area contributed by atoms with E-state index >= 15 is 0 Å². The molecule has 6 heteroatoms. The van der Waals surface area contributed by atoms with E-state index in [1.807, 2.05) is 6.08 Å². The lowest BCUT2D eigenvalue weighted by molar-refractivity contribution is -0.112. The predicted octanol–water partition coefficient (Wildman–Crippen LogP) is 2.40. The van der Waals surface area contributed by atoms with Crippen molar-refractivity contribution in [2.75, 3.05) is 12.4 Å². The number of nitrogens with one attached hydrogen (secondary N) is 1. The number of amides is 1. The highest BCUT2D eigenvalue weighted by Crippen LogP contribution is 2.30. The summed E-state index contributed by atoms with van der Waals surface area (Å²) in [6.07, 6.45) is 7.79. The van der Waals surface area contributed by atoms with Crippen LogP contribution in [-0.2, 0) is 4.79 Å². The molecule has 1 atom stereocenters. The van der Waals surface area contributed by atoms with E-state index in [4.69, 9.17) is 4.74 Å². The Morgan fingerprint density at radius 3 is 3.18 bits per heavy atom. The van der Waals surface area contributed by atoms with Crippen LogP contribution < -0.4 is 10.1 Å². The number of aliphatic hydroxyl groups is 1. The number of aromatic nitrogens is 1. The molecule has 0 bridgehead atoms. The Morgan fingerprint density at radius 1 is 1.50 bits per heavy atom. The summed E-state index contributed by atoms with van der Waals surface area (Å²) in [6.45, 7) is 0. The van der Waals surface area contributed by atoms with Gasteiger partial charge < -0.3 is 15.2 Å². The largest absolute Gasteiger partial charge is 0.507 e. The van der Waals surface area contributed by atoms with Crippen molar-refractivity contribution in [3.8, 4) is 5.75 Å². The second-order valence-electron chi connectivity index (χ2n) is 5.18. The summed E-state index contributed by atoms with van der Waals surface area (Å²) < 4.78 is 5.09. The molecule has 1 unspecified atom stereocenters. The Hall–Kier alpha value is -2.63. The number of hydrogen-bond acceptors (Lipinski definition) is 5. The van der Waals surface area contributed by atoms with Crippen molar-refractivity contribution in [1.82, 2.24) is 4.98 Å². The van der Waals surface area contributed by atoms with Gasteiger partial charge in [0.1, 0.15) is 17.3 Å². The first-order valence-electron chi connectivity index (χ1n) is 7.17. The molecule has 2 aliphatic rings. The first kappa shape index (κ1) is 14.3. The normalized spacial score (nSPS) is 20.2. The molecule has 1 aliphatic carbocycles. The van der Waals surface area contributed by atoms with E-state index in [9.17, 15) is 9.90 Å². The quantitative estimate of drug-likeness (QED) is 0.897.